The molecule has 87 valence electrons. The van der Waals surface area contributed by atoms with Gasteiger partial charge in [-0.05, 0) is 18.2 Å². The molecule has 1 aromatic carbocycles. The Morgan fingerprint density at radius 3 is 2.82 bits per heavy atom. The fraction of sp³-hybridized carbons (Fsp3) is 0.200. The van der Waals surface area contributed by atoms with Crippen molar-refractivity contribution in [2.45, 2.75) is 0 Å². The zero-order valence-electron chi connectivity index (χ0n) is 9.51. The van der Waals surface area contributed by atoms with Gasteiger partial charge in [-0.25, -0.2) is 10.0 Å². The monoisotopic (exact) mass is 478 g/mol. The first-order valence-electron chi connectivity index (χ1n) is 4.47. The van der Waals surface area contributed by atoms with E-state index in [1.165, 1.54) is 12.2 Å². The van der Waals surface area contributed by atoms with E-state index in [9.17, 15) is 4.79 Å². The molecule has 1 N–H and O–H groups in total. The van der Waals surface area contributed by atoms with Gasteiger partial charge in [0.05, 0.1) is 24.5 Å². The van der Waals surface area contributed by atoms with Crippen LogP contribution >= 0.6 is 0 Å². The second-order valence-corrected chi connectivity index (χ2v) is 3.12. The summed E-state index contributed by atoms with van der Waals surface area (Å²) >= 11 is 0. The minimum Gasteiger partial charge on any atom is -0.345 e. The van der Waals surface area contributed by atoms with Crippen LogP contribution < -0.4 is 0 Å². The van der Waals surface area contributed by atoms with Crippen LogP contribution in [0.3, 0.4) is 0 Å². The maximum atomic E-state index is 11.7. The van der Waals surface area contributed by atoms with Gasteiger partial charge in [-0.1, -0.05) is 0 Å². The van der Waals surface area contributed by atoms with Gasteiger partial charge in [0.1, 0.15) is 0 Å². The summed E-state index contributed by atoms with van der Waals surface area (Å²) in [6, 6.07) is 5.27. The van der Waals surface area contributed by atoms with Gasteiger partial charge in [-0.3, -0.25) is 9.63 Å². The van der Waals surface area contributed by atoms with E-state index in [1.54, 1.807) is 31.6 Å². The predicted molar refractivity (Wildman–Crippen MR) is 55.2 cm³/mol. The molecule has 5 nitrogen and oxygen atoms in total. The number of aromatic nitrogens is 2. The number of amides is 1. The Balaban J connectivity index is 0.00000128. The number of hydroxylamine groups is 2. The van der Waals surface area contributed by atoms with Gasteiger partial charge in [-0.15, -0.1) is 0 Å². The Bertz CT molecular complexity index is 503. The van der Waals surface area contributed by atoms with Crippen molar-refractivity contribution in [1.29, 1.82) is 0 Å². The largest absolute Gasteiger partial charge is 0.345 e. The zero-order valence-corrected chi connectivity index (χ0v) is 15.3. The predicted octanol–water partition coefficient (Wildman–Crippen LogP) is 1.19. The summed E-state index contributed by atoms with van der Waals surface area (Å²) < 4.78 is 0. The average Bonchev–Trinajstić information content (AvgIpc) is 2.73. The summed E-state index contributed by atoms with van der Waals surface area (Å²) in [5.41, 5.74) is 2.24. The summed E-state index contributed by atoms with van der Waals surface area (Å²) in [5.74, 6) is -0.186. The summed E-state index contributed by atoms with van der Waals surface area (Å²) in [7, 11) is 3.02. The first-order valence-corrected chi connectivity index (χ1v) is 4.47. The summed E-state index contributed by atoms with van der Waals surface area (Å²) in [4.78, 5) is 23.5. The number of benzene rings is 1. The molecular formula is C10H11N3O2WY. The average molecular weight is 478 g/mol. The number of H-pyrrole nitrogens is 1. The molecule has 1 heterocycles. The number of aromatic amines is 1. The molecule has 0 fully saturated rings. The van der Waals surface area contributed by atoms with Crippen LogP contribution in [0.2, 0.25) is 0 Å². The van der Waals surface area contributed by atoms with Crippen LogP contribution in [0.25, 0.3) is 11.0 Å². The molecule has 17 heavy (non-hydrogen) atoms. The first kappa shape index (κ1) is 16.9. The smallest absolute Gasteiger partial charge is 0.277 e. The number of nitrogens with zero attached hydrogens (tertiary/aromatic N) is 2. The Labute approximate surface area is 138 Å². The van der Waals surface area contributed by atoms with E-state index in [0.717, 1.165) is 11.0 Å². The third-order valence-corrected chi connectivity index (χ3v) is 2.23. The summed E-state index contributed by atoms with van der Waals surface area (Å²) in [6.45, 7) is 0. The normalized spacial score (nSPS) is 9.29. The minimum atomic E-state index is -0.186. The van der Waals surface area contributed by atoms with E-state index in [4.69, 9.17) is 4.84 Å². The quantitative estimate of drug-likeness (QED) is 0.661. The second-order valence-electron chi connectivity index (χ2n) is 3.12. The molecule has 2 rings (SSSR count). The molecule has 0 spiro atoms. The van der Waals surface area contributed by atoms with Crippen molar-refractivity contribution in [3.63, 3.8) is 0 Å². The Kier molecular flexibility index (Phi) is 7.33. The van der Waals surface area contributed by atoms with E-state index in [0.29, 0.717) is 5.56 Å². The standard InChI is InChI=1S/C10H11N3O2.W.Y/c1-13(15-2)10(14)7-3-4-8-9(5-7)12-6-11-8;;/h3-6H,1-2H3,(H,11,12);;. The molecule has 0 atom stereocenters. The van der Waals surface area contributed by atoms with Crippen molar-refractivity contribution in [3.8, 4) is 0 Å². The van der Waals surface area contributed by atoms with E-state index in [2.05, 4.69) is 9.97 Å². The van der Waals surface area contributed by atoms with Crippen LogP contribution in [-0.4, -0.2) is 35.1 Å². The van der Waals surface area contributed by atoms with Crippen LogP contribution in [0.5, 0.6) is 0 Å². The third-order valence-electron chi connectivity index (χ3n) is 2.23. The number of carbonyl (C=O) groups is 1. The minimum absolute atomic E-state index is 0. The summed E-state index contributed by atoms with van der Waals surface area (Å²) in [5, 5.41) is 1.18. The molecule has 0 bridgehead atoms. The molecule has 0 aliphatic carbocycles. The number of carbonyl (C=O) groups excluding carboxylic acids is 1. The van der Waals surface area contributed by atoms with Crippen molar-refractivity contribution in [3.05, 3.63) is 30.1 Å². The van der Waals surface area contributed by atoms with Crippen molar-refractivity contribution in [2.24, 2.45) is 0 Å². The van der Waals surface area contributed by atoms with Crippen molar-refractivity contribution in [2.75, 3.05) is 14.2 Å². The van der Waals surface area contributed by atoms with Gasteiger partial charge < -0.3 is 4.98 Å². The van der Waals surface area contributed by atoms with Crippen LogP contribution in [-0.2, 0) is 58.6 Å². The Morgan fingerprint density at radius 2 is 2.18 bits per heavy atom. The van der Waals surface area contributed by atoms with Gasteiger partial charge in [0.25, 0.3) is 5.91 Å². The SMILES string of the molecule is CON(C)C(=O)c1ccc2nc[nH]c2c1.[W].[Y]. The van der Waals surface area contributed by atoms with Crippen LogP contribution in [0.4, 0.5) is 0 Å². The van der Waals surface area contributed by atoms with Gasteiger partial charge in [0.15, 0.2) is 0 Å². The molecule has 2 aromatic rings. The summed E-state index contributed by atoms with van der Waals surface area (Å²) in [6.07, 6.45) is 1.60. The van der Waals surface area contributed by atoms with Crippen LogP contribution in [0, 0.1) is 0 Å². The molecule has 0 aliphatic heterocycles. The Hall–Kier alpha value is -0.0878. The van der Waals surface area contributed by atoms with Crippen LogP contribution in [0.15, 0.2) is 24.5 Å². The maximum absolute atomic E-state index is 11.7. The zero-order chi connectivity index (χ0) is 10.8. The van der Waals surface area contributed by atoms with E-state index < -0.39 is 0 Å². The van der Waals surface area contributed by atoms with Gasteiger partial charge in [0, 0.05) is 66.4 Å². The Morgan fingerprint density at radius 1 is 1.47 bits per heavy atom. The number of rotatable bonds is 2. The van der Waals surface area contributed by atoms with E-state index >= 15 is 0 Å². The van der Waals surface area contributed by atoms with Crippen molar-refractivity contribution in [1.82, 2.24) is 15.0 Å². The molecule has 0 saturated heterocycles. The number of nitrogens with one attached hydrogen (secondary N) is 1. The number of fused-ring (bicyclic) bond motifs is 1. The number of hydrogen-bond acceptors (Lipinski definition) is 3. The number of hydrogen-bond donors (Lipinski definition) is 1. The van der Waals surface area contributed by atoms with E-state index in [1.807, 2.05) is 0 Å². The molecule has 0 unspecified atom stereocenters. The molecular weight excluding hydrogens is 467 g/mol. The fourth-order valence-corrected chi connectivity index (χ4v) is 1.33. The third kappa shape index (κ3) is 3.68. The molecule has 0 aliphatic rings. The maximum Gasteiger partial charge on any atom is 0.277 e. The molecule has 1 amide bonds. The van der Waals surface area contributed by atoms with Gasteiger partial charge in [-0.2, -0.15) is 0 Å². The first-order chi connectivity index (χ1) is 7.22. The molecule has 0 saturated carbocycles. The second kappa shape index (κ2) is 7.37. The van der Waals surface area contributed by atoms with Gasteiger partial charge >= 0.3 is 0 Å². The molecule has 1 aromatic heterocycles. The van der Waals surface area contributed by atoms with Crippen LogP contribution in [0.1, 0.15) is 10.4 Å². The van der Waals surface area contributed by atoms with E-state index in [-0.39, 0.29) is 59.7 Å². The molecule has 7 heteroatoms. The topological polar surface area (TPSA) is 58.2 Å². The van der Waals surface area contributed by atoms with Crippen molar-refractivity contribution < 1.29 is 63.4 Å². The van der Waals surface area contributed by atoms with Gasteiger partial charge in [0.2, 0.25) is 0 Å². The molecule has 1 radical (unpaired) electrons. The fourth-order valence-electron chi connectivity index (χ4n) is 1.33. The van der Waals surface area contributed by atoms with Crippen molar-refractivity contribution >= 4 is 16.9 Å². The number of imidazole rings is 1.